The average molecular weight is 582 g/mol. The summed E-state index contributed by atoms with van der Waals surface area (Å²) in [7, 11) is -1.99. The van der Waals surface area contributed by atoms with Crippen molar-refractivity contribution in [3.05, 3.63) is 81.5 Å². The molecule has 0 saturated carbocycles. The SMILES string of the molecule is COc1ccc([C@H]2c3ccsc3CCN2CC(=O)N2CCN(S(=O)(=O)c3ccc(C(C)(C)C)cc3)[C@@H](C)C2)cc1. The van der Waals surface area contributed by atoms with Crippen LogP contribution in [0.1, 0.15) is 55.3 Å². The summed E-state index contributed by atoms with van der Waals surface area (Å²) in [6.45, 7) is 10.3. The normalized spacial score (nSPS) is 20.8. The van der Waals surface area contributed by atoms with Crippen molar-refractivity contribution in [2.75, 3.05) is 39.8 Å². The highest BCUT2D eigenvalue weighted by atomic mass is 32.2. The van der Waals surface area contributed by atoms with E-state index in [4.69, 9.17) is 4.74 Å². The first kappa shape index (κ1) is 28.8. The van der Waals surface area contributed by atoms with Crippen LogP contribution in [0.25, 0.3) is 0 Å². The maximum atomic E-state index is 13.6. The smallest absolute Gasteiger partial charge is 0.243 e. The lowest BCUT2D eigenvalue weighted by atomic mass is 9.87. The Kier molecular flexibility index (Phi) is 8.12. The third-order valence-electron chi connectivity index (χ3n) is 8.08. The molecule has 0 N–H and O–H groups in total. The Morgan fingerprint density at radius 2 is 1.70 bits per heavy atom. The minimum absolute atomic E-state index is 0.0000152. The second kappa shape index (κ2) is 11.3. The molecule has 3 aromatic rings. The number of ether oxygens (including phenoxy) is 1. The van der Waals surface area contributed by atoms with Crippen LogP contribution >= 0.6 is 11.3 Å². The molecule has 2 atom stereocenters. The van der Waals surface area contributed by atoms with E-state index in [1.165, 1.54) is 10.4 Å². The molecule has 2 aliphatic heterocycles. The third-order valence-corrected chi connectivity index (χ3v) is 11.1. The van der Waals surface area contributed by atoms with E-state index < -0.39 is 10.0 Å². The highest BCUT2D eigenvalue weighted by Crippen LogP contribution is 2.38. The first-order valence-electron chi connectivity index (χ1n) is 13.8. The number of sulfonamides is 1. The van der Waals surface area contributed by atoms with Crippen molar-refractivity contribution in [2.24, 2.45) is 0 Å². The lowest BCUT2D eigenvalue weighted by Gasteiger charge is -2.41. The summed E-state index contributed by atoms with van der Waals surface area (Å²) in [5, 5.41) is 2.13. The quantitative estimate of drug-likeness (QED) is 0.413. The van der Waals surface area contributed by atoms with Gasteiger partial charge >= 0.3 is 0 Å². The molecular weight excluding hydrogens is 542 g/mol. The molecule has 0 radical (unpaired) electrons. The zero-order valence-electron chi connectivity index (χ0n) is 24.0. The molecule has 2 aromatic carbocycles. The van der Waals surface area contributed by atoms with Crippen molar-refractivity contribution in [1.29, 1.82) is 0 Å². The Bertz CT molecular complexity index is 1440. The van der Waals surface area contributed by atoms with Crippen LogP contribution in [0.5, 0.6) is 5.75 Å². The van der Waals surface area contributed by atoms with Crippen LogP contribution in [-0.4, -0.2) is 74.3 Å². The molecule has 7 nitrogen and oxygen atoms in total. The summed E-state index contributed by atoms with van der Waals surface area (Å²) in [4.78, 5) is 19.3. The van der Waals surface area contributed by atoms with E-state index in [1.54, 1.807) is 34.9 Å². The van der Waals surface area contributed by atoms with Crippen LogP contribution in [0.2, 0.25) is 0 Å². The predicted molar refractivity (Wildman–Crippen MR) is 160 cm³/mol. The molecule has 0 aliphatic carbocycles. The van der Waals surface area contributed by atoms with Gasteiger partial charge in [0.05, 0.1) is 24.6 Å². The molecule has 1 fully saturated rings. The van der Waals surface area contributed by atoms with Crippen molar-refractivity contribution < 1.29 is 17.9 Å². The molecule has 0 spiro atoms. The topological polar surface area (TPSA) is 70.2 Å². The fraction of sp³-hybridized carbons (Fsp3) is 0.452. The maximum Gasteiger partial charge on any atom is 0.243 e. The Labute approximate surface area is 242 Å². The fourth-order valence-corrected chi connectivity index (χ4v) is 8.29. The highest BCUT2D eigenvalue weighted by molar-refractivity contribution is 7.89. The van der Waals surface area contributed by atoms with Gasteiger partial charge in [0.2, 0.25) is 15.9 Å². The third kappa shape index (κ3) is 5.70. The molecule has 2 aliphatic rings. The number of thiophene rings is 1. The summed E-state index contributed by atoms with van der Waals surface area (Å²) in [6, 6.07) is 17.1. The maximum absolute atomic E-state index is 13.6. The number of methoxy groups -OCH3 is 1. The second-order valence-electron chi connectivity index (χ2n) is 11.8. The van der Waals surface area contributed by atoms with E-state index in [9.17, 15) is 13.2 Å². The van der Waals surface area contributed by atoms with Crippen LogP contribution in [0.4, 0.5) is 0 Å². The van der Waals surface area contributed by atoms with Gasteiger partial charge < -0.3 is 9.64 Å². The van der Waals surface area contributed by atoms with Crippen LogP contribution in [-0.2, 0) is 26.7 Å². The molecule has 1 amide bonds. The molecule has 9 heteroatoms. The zero-order valence-corrected chi connectivity index (χ0v) is 25.6. The van der Waals surface area contributed by atoms with E-state index in [0.717, 1.165) is 29.8 Å². The number of hydrogen-bond donors (Lipinski definition) is 0. The number of nitrogens with zero attached hydrogens (tertiary/aromatic N) is 3. The number of hydrogen-bond acceptors (Lipinski definition) is 6. The zero-order chi connectivity index (χ0) is 28.7. The van der Waals surface area contributed by atoms with Crippen molar-refractivity contribution in [3.8, 4) is 5.75 Å². The minimum Gasteiger partial charge on any atom is -0.497 e. The lowest BCUT2D eigenvalue weighted by Crippen LogP contribution is -2.57. The molecule has 3 heterocycles. The number of fused-ring (bicyclic) bond motifs is 1. The predicted octanol–water partition coefficient (Wildman–Crippen LogP) is 4.92. The number of piperazine rings is 1. The number of carbonyl (C=O) groups is 1. The molecule has 40 heavy (non-hydrogen) atoms. The Morgan fingerprint density at radius 1 is 1.00 bits per heavy atom. The minimum atomic E-state index is -3.65. The Hall–Kier alpha value is -2.72. The van der Waals surface area contributed by atoms with Crippen LogP contribution in [0.15, 0.2) is 64.9 Å². The van der Waals surface area contributed by atoms with Gasteiger partial charge in [0.15, 0.2) is 0 Å². The van der Waals surface area contributed by atoms with E-state index in [2.05, 4.69) is 49.3 Å². The van der Waals surface area contributed by atoms with Gasteiger partial charge in [0.1, 0.15) is 5.75 Å². The van der Waals surface area contributed by atoms with Crippen LogP contribution in [0, 0.1) is 0 Å². The van der Waals surface area contributed by atoms with Crippen molar-refractivity contribution >= 4 is 27.3 Å². The van der Waals surface area contributed by atoms with Gasteiger partial charge in [0, 0.05) is 37.1 Å². The molecule has 1 saturated heterocycles. The van der Waals surface area contributed by atoms with Gasteiger partial charge in [-0.05, 0) is 71.2 Å². The molecule has 0 unspecified atom stereocenters. The summed E-state index contributed by atoms with van der Waals surface area (Å²) < 4.78 is 33.9. The van der Waals surface area contributed by atoms with Crippen molar-refractivity contribution in [2.45, 2.75) is 56.5 Å². The van der Waals surface area contributed by atoms with E-state index in [0.29, 0.717) is 24.5 Å². The molecular formula is C31H39N3O4S2. The first-order chi connectivity index (χ1) is 19.0. The summed E-state index contributed by atoms with van der Waals surface area (Å²) in [5.74, 6) is 0.843. The number of amides is 1. The van der Waals surface area contributed by atoms with Crippen molar-refractivity contribution in [3.63, 3.8) is 0 Å². The monoisotopic (exact) mass is 581 g/mol. The number of benzene rings is 2. The molecule has 5 rings (SSSR count). The van der Waals surface area contributed by atoms with E-state index >= 15 is 0 Å². The standard InChI is InChI=1S/C31H39N3O4S2/c1-22-20-32(17-18-34(22)40(36,37)26-12-8-24(9-13-26)31(2,3)4)29(35)21-33-16-14-28-27(15-19-39-28)30(33)23-6-10-25(38-5)11-7-23/h6-13,15,19,22,30H,14,16-18,20-21H2,1-5H3/t22-,30-/m0/s1. The Balaban J connectivity index is 1.28. The molecule has 1 aromatic heterocycles. The largest absolute Gasteiger partial charge is 0.497 e. The van der Waals surface area contributed by atoms with Crippen LogP contribution in [0.3, 0.4) is 0 Å². The molecule has 0 bridgehead atoms. The fourth-order valence-electron chi connectivity index (χ4n) is 5.78. The van der Waals surface area contributed by atoms with Crippen molar-refractivity contribution in [1.82, 2.24) is 14.1 Å². The molecule has 214 valence electrons. The lowest BCUT2D eigenvalue weighted by molar-refractivity contribution is -0.135. The van der Waals surface area contributed by atoms with Gasteiger partial charge in [0.25, 0.3) is 0 Å². The van der Waals surface area contributed by atoms with Gasteiger partial charge in [-0.15, -0.1) is 11.3 Å². The highest BCUT2D eigenvalue weighted by Gasteiger charge is 2.37. The van der Waals surface area contributed by atoms with Gasteiger partial charge in [-0.3, -0.25) is 9.69 Å². The van der Waals surface area contributed by atoms with Gasteiger partial charge in [-0.1, -0.05) is 45.0 Å². The van der Waals surface area contributed by atoms with Gasteiger partial charge in [-0.25, -0.2) is 8.42 Å². The number of carbonyl (C=O) groups excluding carboxylic acids is 1. The summed E-state index contributed by atoms with van der Waals surface area (Å²) in [6.07, 6.45) is 0.920. The van der Waals surface area contributed by atoms with E-state index in [-0.39, 0.29) is 30.0 Å². The average Bonchev–Trinajstić information content (AvgIpc) is 3.41. The van der Waals surface area contributed by atoms with E-state index in [1.807, 2.05) is 36.1 Å². The van der Waals surface area contributed by atoms with Gasteiger partial charge in [-0.2, -0.15) is 4.31 Å². The second-order valence-corrected chi connectivity index (χ2v) is 14.7. The number of rotatable bonds is 6. The summed E-state index contributed by atoms with van der Waals surface area (Å²) >= 11 is 1.77. The van der Waals surface area contributed by atoms with Crippen LogP contribution < -0.4 is 4.74 Å². The Morgan fingerprint density at radius 3 is 2.33 bits per heavy atom. The first-order valence-corrected chi connectivity index (χ1v) is 16.2. The summed E-state index contributed by atoms with van der Waals surface area (Å²) in [5.41, 5.74) is 3.44.